The predicted octanol–water partition coefficient (Wildman–Crippen LogP) is 3.38. The molecule has 2 rings (SSSR count). The average molecular weight is 401 g/mol. The van der Waals surface area contributed by atoms with Gasteiger partial charge in [0.25, 0.3) is 0 Å². The van der Waals surface area contributed by atoms with Crippen molar-refractivity contribution in [2.45, 2.75) is 63.0 Å². The fourth-order valence-corrected chi connectivity index (χ4v) is 4.89. The van der Waals surface area contributed by atoms with Crippen LogP contribution < -0.4 is 0 Å². The lowest BCUT2D eigenvalue weighted by atomic mass is 9.77. The third-order valence-corrected chi connectivity index (χ3v) is 6.53. The van der Waals surface area contributed by atoms with Gasteiger partial charge in [0.1, 0.15) is 6.61 Å². The molecule has 0 aliphatic heterocycles. The van der Waals surface area contributed by atoms with E-state index in [-0.39, 0.29) is 30.4 Å². The minimum absolute atomic E-state index is 0.0781. The lowest BCUT2D eigenvalue weighted by molar-refractivity contribution is -0.141. The molecule has 2 fully saturated rings. The number of aliphatic hydroxyl groups excluding tert-OH is 2. The first-order chi connectivity index (χ1) is 12.9. The lowest BCUT2D eigenvalue weighted by Gasteiger charge is -2.31. The molecule has 2 unspecified atom stereocenters. The van der Waals surface area contributed by atoms with Crippen molar-refractivity contribution in [3.8, 4) is 0 Å². The van der Waals surface area contributed by atoms with Crippen molar-refractivity contribution in [3.63, 3.8) is 0 Å². The summed E-state index contributed by atoms with van der Waals surface area (Å²) >= 11 is 6.44. The first-order valence-electron chi connectivity index (χ1n) is 10.0. The minimum atomic E-state index is -0.987. The predicted molar refractivity (Wildman–Crippen MR) is 106 cm³/mol. The Balaban J connectivity index is 1.88. The number of aliphatic hydroxyl groups is 2. The van der Waals surface area contributed by atoms with Gasteiger partial charge in [-0.25, -0.2) is 4.79 Å². The Labute approximate surface area is 167 Å². The second-order valence-corrected chi connectivity index (χ2v) is 8.54. The highest BCUT2D eigenvalue weighted by molar-refractivity contribution is 6.21. The molecule has 0 amide bonds. The van der Waals surface area contributed by atoms with Gasteiger partial charge in [-0.3, -0.25) is 0 Å². The molecule has 6 heteroatoms. The molecule has 0 saturated heterocycles. The van der Waals surface area contributed by atoms with Crippen LogP contribution in [0.15, 0.2) is 24.3 Å². The smallest absolute Gasteiger partial charge is 0.329 e. The van der Waals surface area contributed by atoms with Crippen molar-refractivity contribution in [2.24, 2.45) is 23.7 Å². The molecule has 0 bridgehead atoms. The van der Waals surface area contributed by atoms with Crippen LogP contribution in [0, 0.1) is 23.7 Å². The molecule has 0 aromatic heterocycles. The molecule has 27 heavy (non-hydrogen) atoms. The molecule has 7 atom stereocenters. The third-order valence-electron chi connectivity index (χ3n) is 6.03. The highest BCUT2D eigenvalue weighted by Gasteiger charge is 2.39. The van der Waals surface area contributed by atoms with Gasteiger partial charge in [-0.2, -0.15) is 0 Å². The van der Waals surface area contributed by atoms with E-state index >= 15 is 0 Å². The minimum Gasteiger partial charge on any atom is -0.480 e. The van der Waals surface area contributed by atoms with Gasteiger partial charge in [0.2, 0.25) is 0 Å². The first kappa shape index (κ1) is 22.4. The van der Waals surface area contributed by atoms with Crippen molar-refractivity contribution >= 4 is 17.6 Å². The van der Waals surface area contributed by atoms with Crippen LogP contribution in [0.5, 0.6) is 0 Å². The molecule has 2 aliphatic rings. The Kier molecular flexibility index (Phi) is 9.30. The zero-order valence-electron chi connectivity index (χ0n) is 16.0. The van der Waals surface area contributed by atoms with E-state index in [4.69, 9.17) is 21.4 Å². The van der Waals surface area contributed by atoms with E-state index in [0.29, 0.717) is 24.7 Å². The summed E-state index contributed by atoms with van der Waals surface area (Å²) in [5, 5.41) is 29.4. The number of carbonyl (C=O) groups is 1. The van der Waals surface area contributed by atoms with Gasteiger partial charge < -0.3 is 20.1 Å². The zero-order chi connectivity index (χ0) is 19.8. The molecule has 0 heterocycles. The number of alkyl halides is 1. The van der Waals surface area contributed by atoms with Crippen molar-refractivity contribution < 1.29 is 24.9 Å². The number of rotatable bonds is 9. The SMILES string of the molecule is CC1CCCCC1[C@H](O)/C=C/[C@@H]1[C@@H](C/C=C\COCC(=O)O)[C@H](Cl)C[C@H]1O. The summed E-state index contributed by atoms with van der Waals surface area (Å²) in [6, 6.07) is 0. The van der Waals surface area contributed by atoms with E-state index in [0.717, 1.165) is 6.42 Å². The summed E-state index contributed by atoms with van der Waals surface area (Å²) in [6.45, 7) is 2.14. The number of hydrogen-bond acceptors (Lipinski definition) is 4. The van der Waals surface area contributed by atoms with E-state index in [1.54, 1.807) is 6.08 Å². The van der Waals surface area contributed by atoms with Crippen molar-refractivity contribution in [1.29, 1.82) is 0 Å². The first-order valence-corrected chi connectivity index (χ1v) is 10.5. The second kappa shape index (κ2) is 11.2. The molecule has 2 aliphatic carbocycles. The van der Waals surface area contributed by atoms with Crippen LogP contribution in [0.4, 0.5) is 0 Å². The van der Waals surface area contributed by atoms with E-state index in [1.807, 2.05) is 18.2 Å². The Morgan fingerprint density at radius 2 is 2.04 bits per heavy atom. The monoisotopic (exact) mass is 400 g/mol. The second-order valence-electron chi connectivity index (χ2n) is 7.98. The summed E-state index contributed by atoms with van der Waals surface area (Å²) in [5.41, 5.74) is 0. The summed E-state index contributed by atoms with van der Waals surface area (Å²) in [6.07, 6.45) is 12.4. The fraction of sp³-hybridized carbons (Fsp3) is 0.762. The van der Waals surface area contributed by atoms with Gasteiger partial charge in [0.05, 0.1) is 18.8 Å². The number of allylic oxidation sites excluding steroid dienone is 1. The van der Waals surface area contributed by atoms with Crippen LogP contribution in [0.3, 0.4) is 0 Å². The quantitative estimate of drug-likeness (QED) is 0.314. The average Bonchev–Trinajstić information content (AvgIpc) is 2.89. The molecule has 0 aromatic carbocycles. The van der Waals surface area contributed by atoms with E-state index in [2.05, 4.69) is 6.92 Å². The topological polar surface area (TPSA) is 87.0 Å². The Hall–Kier alpha value is -0.880. The zero-order valence-corrected chi connectivity index (χ0v) is 16.8. The van der Waals surface area contributed by atoms with Gasteiger partial charge in [-0.05, 0) is 37.0 Å². The van der Waals surface area contributed by atoms with Crippen LogP contribution in [0.2, 0.25) is 0 Å². The van der Waals surface area contributed by atoms with Crippen LogP contribution in [0.25, 0.3) is 0 Å². The summed E-state index contributed by atoms with van der Waals surface area (Å²) < 4.78 is 4.97. The van der Waals surface area contributed by atoms with Gasteiger partial charge in [-0.1, -0.05) is 50.5 Å². The molecular weight excluding hydrogens is 368 g/mol. The van der Waals surface area contributed by atoms with Crippen LogP contribution in [-0.2, 0) is 9.53 Å². The Morgan fingerprint density at radius 3 is 2.74 bits per heavy atom. The van der Waals surface area contributed by atoms with Gasteiger partial charge >= 0.3 is 5.97 Å². The molecule has 0 radical (unpaired) electrons. The van der Waals surface area contributed by atoms with Crippen LogP contribution in [0.1, 0.15) is 45.4 Å². The maximum Gasteiger partial charge on any atom is 0.329 e. The molecule has 154 valence electrons. The van der Waals surface area contributed by atoms with E-state index in [9.17, 15) is 15.0 Å². The van der Waals surface area contributed by atoms with Gasteiger partial charge in [-0.15, -0.1) is 11.6 Å². The standard InChI is InChI=1S/C21H33ClO5/c1-14-6-2-3-7-15(14)19(23)10-9-17-16(18(22)12-20(17)24)8-4-5-11-27-13-21(25)26/h4-5,9-10,14-20,23-24H,2-3,6-8,11-13H2,1H3,(H,25,26)/b5-4-,10-9+/t14?,15?,16-,17-,18-,19-,20-/m1/s1. The highest BCUT2D eigenvalue weighted by atomic mass is 35.5. The Morgan fingerprint density at radius 1 is 1.30 bits per heavy atom. The molecule has 0 spiro atoms. The van der Waals surface area contributed by atoms with E-state index in [1.165, 1.54) is 19.3 Å². The summed E-state index contributed by atoms with van der Waals surface area (Å²) in [4.78, 5) is 10.4. The molecular formula is C21H33ClO5. The number of ether oxygens (including phenoxy) is 1. The summed E-state index contributed by atoms with van der Waals surface area (Å²) in [5.74, 6) is -0.156. The molecule has 5 nitrogen and oxygen atoms in total. The van der Waals surface area contributed by atoms with Gasteiger partial charge in [0.15, 0.2) is 0 Å². The Bertz CT molecular complexity index is 521. The van der Waals surface area contributed by atoms with E-state index < -0.39 is 18.2 Å². The largest absolute Gasteiger partial charge is 0.480 e. The van der Waals surface area contributed by atoms with Crippen LogP contribution >= 0.6 is 11.6 Å². The molecule has 0 aromatic rings. The number of halogens is 1. The lowest BCUT2D eigenvalue weighted by Crippen LogP contribution is -2.28. The van der Waals surface area contributed by atoms with Gasteiger partial charge in [0, 0.05) is 11.3 Å². The summed E-state index contributed by atoms with van der Waals surface area (Å²) in [7, 11) is 0. The highest BCUT2D eigenvalue weighted by Crippen LogP contribution is 2.40. The number of carboxylic acids is 1. The fourth-order valence-electron chi connectivity index (χ4n) is 4.44. The van der Waals surface area contributed by atoms with Crippen molar-refractivity contribution in [3.05, 3.63) is 24.3 Å². The van der Waals surface area contributed by atoms with Crippen LogP contribution in [-0.4, -0.2) is 52.1 Å². The normalized spacial score (nSPS) is 35.9. The van der Waals surface area contributed by atoms with Crippen molar-refractivity contribution in [2.75, 3.05) is 13.2 Å². The number of carboxylic acid groups (broad SMARTS) is 1. The maximum absolute atomic E-state index is 10.6. The molecule has 2 saturated carbocycles. The third kappa shape index (κ3) is 6.90. The maximum atomic E-state index is 10.6. The number of aliphatic carboxylic acids is 1. The number of hydrogen-bond donors (Lipinski definition) is 3. The molecule has 3 N–H and O–H groups in total. The van der Waals surface area contributed by atoms with Crippen molar-refractivity contribution in [1.82, 2.24) is 0 Å².